The van der Waals surface area contributed by atoms with Crippen molar-refractivity contribution in [1.82, 2.24) is 4.98 Å². The quantitative estimate of drug-likeness (QED) is 0.592. The molecule has 118 valence electrons. The summed E-state index contributed by atoms with van der Waals surface area (Å²) in [6.45, 7) is 0. The number of halogens is 4. The van der Waals surface area contributed by atoms with Gasteiger partial charge in [-0.3, -0.25) is 4.79 Å². The van der Waals surface area contributed by atoms with E-state index in [1.54, 1.807) is 42.5 Å². The number of carbonyl (C=O) groups excluding carboxylic acids is 1. The van der Waals surface area contributed by atoms with Crippen LogP contribution in [0.2, 0.25) is 5.02 Å². The van der Waals surface area contributed by atoms with Crippen LogP contribution in [0.15, 0.2) is 46.9 Å². The van der Waals surface area contributed by atoms with E-state index in [-0.39, 0.29) is 0 Å². The minimum Gasteiger partial charge on any atom is -0.436 e. The van der Waals surface area contributed by atoms with Gasteiger partial charge < -0.3 is 9.73 Å². The molecule has 0 spiro atoms. The number of carbonyl (C=O) groups is 1. The number of amides is 1. The molecule has 4 nitrogen and oxygen atoms in total. The van der Waals surface area contributed by atoms with Crippen molar-refractivity contribution in [2.75, 3.05) is 5.32 Å². The van der Waals surface area contributed by atoms with Crippen LogP contribution >= 0.6 is 46.4 Å². The summed E-state index contributed by atoms with van der Waals surface area (Å²) >= 11 is 22.4. The summed E-state index contributed by atoms with van der Waals surface area (Å²) in [7, 11) is 0. The molecule has 3 rings (SSSR count). The molecule has 1 N–H and O–H groups in total. The Morgan fingerprint density at radius 1 is 1.09 bits per heavy atom. The first-order valence-electron chi connectivity index (χ1n) is 6.37. The van der Waals surface area contributed by atoms with Crippen molar-refractivity contribution in [3.8, 4) is 11.5 Å². The number of nitrogens with zero attached hydrogens (tertiary/aromatic N) is 1. The number of benzene rings is 2. The smallest absolute Gasteiger partial charge is 0.276 e. The fourth-order valence-corrected chi connectivity index (χ4v) is 2.19. The third kappa shape index (κ3) is 3.72. The van der Waals surface area contributed by atoms with Crippen molar-refractivity contribution in [2.45, 2.75) is 3.79 Å². The van der Waals surface area contributed by atoms with Crippen LogP contribution < -0.4 is 5.32 Å². The van der Waals surface area contributed by atoms with E-state index in [9.17, 15) is 4.79 Å². The highest BCUT2D eigenvalue weighted by Gasteiger charge is 2.30. The van der Waals surface area contributed by atoms with Crippen LogP contribution in [-0.2, 0) is 4.79 Å². The van der Waals surface area contributed by atoms with E-state index < -0.39 is 9.70 Å². The van der Waals surface area contributed by atoms with Gasteiger partial charge >= 0.3 is 0 Å². The molecular weight excluding hydrogens is 382 g/mol. The fourth-order valence-electron chi connectivity index (χ4n) is 1.92. The number of hydrogen-bond donors (Lipinski definition) is 1. The van der Waals surface area contributed by atoms with Gasteiger partial charge in [0.05, 0.1) is 0 Å². The maximum atomic E-state index is 11.7. The molecule has 2 aromatic carbocycles. The van der Waals surface area contributed by atoms with Crippen LogP contribution in [0.5, 0.6) is 0 Å². The molecular formula is C15H8Cl4N2O2. The predicted octanol–water partition coefficient (Wildman–Crippen LogP) is 5.46. The first-order valence-corrected chi connectivity index (χ1v) is 7.89. The summed E-state index contributed by atoms with van der Waals surface area (Å²) in [4.78, 5) is 16.0. The standard InChI is InChI=1S/C15H8Cl4N2O2/c16-9-3-1-8(2-4-9)13-21-11-7-10(5-6-12(11)23-13)20-14(22)15(17,18)19/h1-7H,(H,20,22). The number of rotatable bonds is 2. The number of alkyl halides is 3. The van der Waals surface area contributed by atoms with Gasteiger partial charge in [0.25, 0.3) is 9.70 Å². The van der Waals surface area contributed by atoms with Gasteiger partial charge in [0, 0.05) is 16.3 Å². The van der Waals surface area contributed by atoms with Crippen LogP contribution in [0, 0.1) is 0 Å². The van der Waals surface area contributed by atoms with E-state index in [0.717, 1.165) is 5.56 Å². The predicted molar refractivity (Wildman–Crippen MR) is 93.4 cm³/mol. The van der Waals surface area contributed by atoms with Gasteiger partial charge in [-0.05, 0) is 42.5 Å². The Morgan fingerprint density at radius 3 is 2.43 bits per heavy atom. The Labute approximate surface area is 151 Å². The molecule has 0 unspecified atom stereocenters. The van der Waals surface area contributed by atoms with Crippen molar-refractivity contribution in [3.05, 3.63) is 47.5 Å². The maximum Gasteiger partial charge on any atom is 0.276 e. The van der Waals surface area contributed by atoms with Crippen molar-refractivity contribution in [3.63, 3.8) is 0 Å². The lowest BCUT2D eigenvalue weighted by molar-refractivity contribution is -0.115. The zero-order chi connectivity index (χ0) is 16.6. The average Bonchev–Trinajstić information content (AvgIpc) is 2.90. The van der Waals surface area contributed by atoms with E-state index in [1.165, 1.54) is 0 Å². The molecule has 0 radical (unpaired) electrons. The number of hydrogen-bond acceptors (Lipinski definition) is 3. The van der Waals surface area contributed by atoms with Gasteiger partial charge in [0.15, 0.2) is 5.58 Å². The second-order valence-electron chi connectivity index (χ2n) is 4.66. The summed E-state index contributed by atoms with van der Waals surface area (Å²) in [5.74, 6) is -0.301. The van der Waals surface area contributed by atoms with E-state index in [1.807, 2.05) is 0 Å². The molecule has 0 aliphatic heterocycles. The molecule has 1 heterocycles. The minimum atomic E-state index is -2.03. The fraction of sp³-hybridized carbons (Fsp3) is 0.0667. The number of fused-ring (bicyclic) bond motifs is 1. The Morgan fingerprint density at radius 2 is 1.78 bits per heavy atom. The Hall–Kier alpha value is -1.46. The Bertz CT molecular complexity index is 869. The van der Waals surface area contributed by atoms with Gasteiger partial charge in [-0.15, -0.1) is 0 Å². The highest BCUT2D eigenvalue weighted by Crippen LogP contribution is 2.30. The summed E-state index contributed by atoms with van der Waals surface area (Å²) in [6.07, 6.45) is 0. The molecule has 3 aromatic rings. The molecule has 23 heavy (non-hydrogen) atoms. The van der Waals surface area contributed by atoms with Crippen molar-refractivity contribution >= 4 is 69.1 Å². The molecule has 0 saturated heterocycles. The zero-order valence-corrected chi connectivity index (χ0v) is 14.3. The molecule has 0 saturated carbocycles. The third-order valence-corrected chi connectivity index (χ3v) is 3.76. The first kappa shape index (κ1) is 16.4. The molecule has 0 atom stereocenters. The first-order chi connectivity index (χ1) is 10.8. The molecule has 8 heteroatoms. The lowest BCUT2D eigenvalue weighted by Gasteiger charge is -2.10. The summed E-state index contributed by atoms with van der Waals surface area (Å²) in [6, 6.07) is 12.0. The van der Waals surface area contributed by atoms with Crippen LogP contribution in [0.3, 0.4) is 0 Å². The van der Waals surface area contributed by atoms with Gasteiger partial charge in [-0.2, -0.15) is 0 Å². The van der Waals surface area contributed by atoms with Crippen molar-refractivity contribution < 1.29 is 9.21 Å². The average molecular weight is 390 g/mol. The molecule has 0 aliphatic rings. The third-order valence-electron chi connectivity index (χ3n) is 2.99. The normalized spacial score (nSPS) is 11.7. The van der Waals surface area contributed by atoms with Crippen LogP contribution in [0.4, 0.5) is 5.69 Å². The highest BCUT2D eigenvalue weighted by atomic mass is 35.6. The SMILES string of the molecule is O=C(Nc1ccc2oc(-c3ccc(Cl)cc3)nc2c1)C(Cl)(Cl)Cl. The highest BCUT2D eigenvalue weighted by molar-refractivity contribution is 6.76. The number of nitrogens with one attached hydrogen (secondary N) is 1. The number of anilines is 1. The molecule has 0 aliphatic carbocycles. The topological polar surface area (TPSA) is 55.1 Å². The van der Waals surface area contributed by atoms with E-state index in [0.29, 0.717) is 27.7 Å². The van der Waals surface area contributed by atoms with E-state index >= 15 is 0 Å². The second-order valence-corrected chi connectivity index (χ2v) is 7.38. The summed E-state index contributed by atoms with van der Waals surface area (Å²) in [5.41, 5.74) is 2.38. The zero-order valence-electron chi connectivity index (χ0n) is 11.3. The van der Waals surface area contributed by atoms with Crippen molar-refractivity contribution in [2.24, 2.45) is 0 Å². The van der Waals surface area contributed by atoms with Crippen LogP contribution in [0.1, 0.15) is 0 Å². The monoisotopic (exact) mass is 388 g/mol. The molecule has 1 amide bonds. The largest absolute Gasteiger partial charge is 0.436 e. The lowest BCUT2D eigenvalue weighted by atomic mass is 10.2. The van der Waals surface area contributed by atoms with E-state index in [2.05, 4.69) is 10.3 Å². The van der Waals surface area contributed by atoms with Gasteiger partial charge in [0.1, 0.15) is 5.52 Å². The van der Waals surface area contributed by atoms with Gasteiger partial charge in [0.2, 0.25) is 5.89 Å². The van der Waals surface area contributed by atoms with Gasteiger partial charge in [-0.25, -0.2) is 4.98 Å². The number of aromatic nitrogens is 1. The van der Waals surface area contributed by atoms with Crippen LogP contribution in [-0.4, -0.2) is 14.7 Å². The second kappa shape index (κ2) is 6.21. The molecule has 1 aromatic heterocycles. The summed E-state index contributed by atoms with van der Waals surface area (Å²) < 4.78 is 3.64. The summed E-state index contributed by atoms with van der Waals surface area (Å²) in [5, 5.41) is 3.12. The van der Waals surface area contributed by atoms with Gasteiger partial charge in [-0.1, -0.05) is 46.4 Å². The minimum absolute atomic E-state index is 0.446. The Balaban J connectivity index is 1.92. The molecule has 0 fully saturated rings. The Kier molecular flexibility index (Phi) is 4.43. The molecule has 0 bridgehead atoms. The lowest BCUT2D eigenvalue weighted by Crippen LogP contribution is -2.26. The van der Waals surface area contributed by atoms with E-state index in [4.69, 9.17) is 50.8 Å². The van der Waals surface area contributed by atoms with Crippen LogP contribution in [0.25, 0.3) is 22.6 Å². The number of oxazole rings is 1. The maximum absolute atomic E-state index is 11.7. The van der Waals surface area contributed by atoms with Crippen molar-refractivity contribution in [1.29, 1.82) is 0 Å².